The summed E-state index contributed by atoms with van der Waals surface area (Å²) in [7, 11) is -3.83. The first-order valence-corrected chi connectivity index (χ1v) is 12.4. The zero-order chi connectivity index (χ0) is 22.8. The predicted molar refractivity (Wildman–Crippen MR) is 130 cm³/mol. The van der Waals surface area contributed by atoms with Crippen LogP contribution in [0.15, 0.2) is 83.3 Å². The molecule has 5 rings (SSSR count). The highest BCUT2D eigenvalue weighted by molar-refractivity contribution is 7.92. The SMILES string of the molecule is O=S(=O)(Nc1ccc(Cl)nn1)c1ccc(Nc2ncnc3scc(-c4ccccc4)c23)cc1. The van der Waals surface area contributed by atoms with Gasteiger partial charge in [-0.15, -0.1) is 21.5 Å². The van der Waals surface area contributed by atoms with Gasteiger partial charge in [0.25, 0.3) is 10.0 Å². The van der Waals surface area contributed by atoms with E-state index in [1.54, 1.807) is 23.5 Å². The van der Waals surface area contributed by atoms with Crippen LogP contribution in [0.25, 0.3) is 21.3 Å². The number of anilines is 3. The molecule has 0 amide bonds. The fraction of sp³-hybridized carbons (Fsp3) is 0. The number of rotatable bonds is 6. The molecule has 0 atom stereocenters. The minimum atomic E-state index is -3.83. The maximum Gasteiger partial charge on any atom is 0.263 e. The van der Waals surface area contributed by atoms with E-state index in [9.17, 15) is 8.42 Å². The van der Waals surface area contributed by atoms with E-state index in [1.807, 2.05) is 30.3 Å². The molecule has 33 heavy (non-hydrogen) atoms. The van der Waals surface area contributed by atoms with Gasteiger partial charge in [0.2, 0.25) is 0 Å². The van der Waals surface area contributed by atoms with E-state index in [2.05, 4.69) is 35.6 Å². The first-order chi connectivity index (χ1) is 16.0. The van der Waals surface area contributed by atoms with Crippen LogP contribution in [0.4, 0.5) is 17.3 Å². The molecular formula is C22H15ClN6O2S2. The molecule has 0 bridgehead atoms. The van der Waals surface area contributed by atoms with E-state index >= 15 is 0 Å². The van der Waals surface area contributed by atoms with Crippen molar-refractivity contribution in [2.24, 2.45) is 0 Å². The summed E-state index contributed by atoms with van der Waals surface area (Å²) in [5.74, 6) is 0.723. The summed E-state index contributed by atoms with van der Waals surface area (Å²) in [6, 6.07) is 19.2. The van der Waals surface area contributed by atoms with Gasteiger partial charge in [0.05, 0.1) is 10.3 Å². The molecule has 2 N–H and O–H groups in total. The maximum atomic E-state index is 12.6. The highest BCUT2D eigenvalue weighted by atomic mass is 35.5. The summed E-state index contributed by atoms with van der Waals surface area (Å²) in [5, 5.41) is 13.8. The molecule has 0 saturated carbocycles. The second kappa shape index (κ2) is 8.74. The van der Waals surface area contributed by atoms with Crippen molar-refractivity contribution in [1.29, 1.82) is 0 Å². The van der Waals surface area contributed by atoms with E-state index in [-0.39, 0.29) is 15.9 Å². The van der Waals surface area contributed by atoms with Gasteiger partial charge in [-0.3, -0.25) is 4.72 Å². The summed E-state index contributed by atoms with van der Waals surface area (Å²) >= 11 is 7.23. The van der Waals surface area contributed by atoms with Crippen LogP contribution in [0.2, 0.25) is 5.15 Å². The third kappa shape index (κ3) is 4.49. The second-order valence-electron chi connectivity index (χ2n) is 6.91. The lowest BCUT2D eigenvalue weighted by atomic mass is 10.1. The molecule has 2 aromatic carbocycles. The average molecular weight is 495 g/mol. The first-order valence-electron chi connectivity index (χ1n) is 9.66. The Hall–Kier alpha value is -3.60. The lowest BCUT2D eigenvalue weighted by molar-refractivity contribution is 0.601. The van der Waals surface area contributed by atoms with E-state index in [4.69, 9.17) is 11.6 Å². The van der Waals surface area contributed by atoms with Crippen LogP contribution in [0.3, 0.4) is 0 Å². The Kier molecular flexibility index (Phi) is 5.63. The van der Waals surface area contributed by atoms with Crippen molar-refractivity contribution in [3.05, 3.63) is 83.6 Å². The lowest BCUT2D eigenvalue weighted by Crippen LogP contribution is -2.14. The van der Waals surface area contributed by atoms with Crippen LogP contribution in [-0.2, 0) is 10.0 Å². The normalized spacial score (nSPS) is 11.4. The zero-order valence-electron chi connectivity index (χ0n) is 16.8. The fourth-order valence-corrected chi connectivity index (χ4v) is 5.23. The largest absolute Gasteiger partial charge is 0.340 e. The number of nitrogens with one attached hydrogen (secondary N) is 2. The quantitative estimate of drug-likeness (QED) is 0.327. The molecule has 0 radical (unpaired) electrons. The standard InChI is InChI=1S/C22H15ClN6O2S2/c23-18-10-11-19(28-27-18)29-33(30,31)16-8-6-15(7-9-16)26-21-20-17(14-4-2-1-3-5-14)12-32-22(20)25-13-24-21/h1-13H,(H,28,29)(H,24,25,26). The highest BCUT2D eigenvalue weighted by Gasteiger charge is 2.16. The third-order valence-corrected chi connectivity index (χ3v) is 7.21. The molecule has 164 valence electrons. The van der Waals surface area contributed by atoms with Gasteiger partial charge in [-0.2, -0.15) is 0 Å². The maximum absolute atomic E-state index is 12.6. The van der Waals surface area contributed by atoms with Gasteiger partial charge in [-0.1, -0.05) is 41.9 Å². The molecule has 5 aromatic rings. The molecule has 0 fully saturated rings. The molecule has 0 aliphatic heterocycles. The van der Waals surface area contributed by atoms with Gasteiger partial charge in [0.15, 0.2) is 11.0 Å². The predicted octanol–water partition coefficient (Wildman–Crippen LogP) is 5.35. The molecule has 0 saturated heterocycles. The second-order valence-corrected chi connectivity index (χ2v) is 9.84. The van der Waals surface area contributed by atoms with Gasteiger partial charge in [0.1, 0.15) is 17.0 Å². The minimum absolute atomic E-state index is 0.0795. The Morgan fingerprint density at radius 1 is 0.879 bits per heavy atom. The van der Waals surface area contributed by atoms with Crippen molar-refractivity contribution in [3.63, 3.8) is 0 Å². The number of thiophene rings is 1. The Labute approximate surface area is 198 Å². The highest BCUT2D eigenvalue weighted by Crippen LogP contribution is 2.37. The number of hydrogen-bond donors (Lipinski definition) is 2. The average Bonchev–Trinajstić information content (AvgIpc) is 3.27. The van der Waals surface area contributed by atoms with Gasteiger partial charge in [-0.05, 0) is 42.0 Å². The summed E-state index contributed by atoms with van der Waals surface area (Å²) in [6.45, 7) is 0. The number of nitrogens with zero attached hydrogens (tertiary/aromatic N) is 4. The lowest BCUT2D eigenvalue weighted by Gasteiger charge is -2.10. The Morgan fingerprint density at radius 3 is 2.39 bits per heavy atom. The van der Waals surface area contributed by atoms with Crippen LogP contribution < -0.4 is 10.0 Å². The number of benzene rings is 2. The van der Waals surface area contributed by atoms with Crippen LogP contribution in [0.5, 0.6) is 0 Å². The van der Waals surface area contributed by atoms with Gasteiger partial charge in [-0.25, -0.2) is 18.4 Å². The summed E-state index contributed by atoms with van der Waals surface area (Å²) < 4.78 is 27.7. The number of hydrogen-bond acceptors (Lipinski definition) is 8. The monoisotopic (exact) mass is 494 g/mol. The van der Waals surface area contributed by atoms with Crippen molar-refractivity contribution in [2.45, 2.75) is 4.90 Å². The van der Waals surface area contributed by atoms with E-state index in [1.165, 1.54) is 30.6 Å². The van der Waals surface area contributed by atoms with Gasteiger partial charge < -0.3 is 5.32 Å². The van der Waals surface area contributed by atoms with Gasteiger partial charge in [0, 0.05) is 16.6 Å². The Morgan fingerprint density at radius 2 is 1.67 bits per heavy atom. The van der Waals surface area contributed by atoms with Crippen LogP contribution in [0, 0.1) is 0 Å². The van der Waals surface area contributed by atoms with Crippen LogP contribution >= 0.6 is 22.9 Å². The number of halogens is 1. The summed E-state index contributed by atoms with van der Waals surface area (Å²) in [4.78, 5) is 9.75. The molecule has 3 heterocycles. The van der Waals surface area contributed by atoms with Crippen molar-refractivity contribution in [3.8, 4) is 11.1 Å². The zero-order valence-corrected chi connectivity index (χ0v) is 19.2. The summed E-state index contributed by atoms with van der Waals surface area (Å²) in [6.07, 6.45) is 1.51. The topological polar surface area (TPSA) is 110 Å². The Bertz CT molecular complexity index is 1520. The third-order valence-electron chi connectivity index (χ3n) is 4.75. The fourth-order valence-electron chi connectivity index (χ4n) is 3.22. The minimum Gasteiger partial charge on any atom is -0.340 e. The van der Waals surface area contributed by atoms with Crippen LogP contribution in [0.1, 0.15) is 0 Å². The molecule has 8 nitrogen and oxygen atoms in total. The van der Waals surface area contributed by atoms with E-state index in [0.29, 0.717) is 11.5 Å². The van der Waals surface area contributed by atoms with Crippen molar-refractivity contribution in [1.82, 2.24) is 20.2 Å². The van der Waals surface area contributed by atoms with E-state index < -0.39 is 10.0 Å². The van der Waals surface area contributed by atoms with Crippen molar-refractivity contribution < 1.29 is 8.42 Å². The Balaban J connectivity index is 1.42. The molecular weight excluding hydrogens is 480 g/mol. The molecule has 0 aliphatic carbocycles. The molecule has 0 aliphatic rings. The number of aromatic nitrogens is 4. The van der Waals surface area contributed by atoms with Crippen molar-refractivity contribution >= 4 is 60.5 Å². The van der Waals surface area contributed by atoms with Gasteiger partial charge >= 0.3 is 0 Å². The number of sulfonamides is 1. The number of fused-ring (bicyclic) bond motifs is 1. The van der Waals surface area contributed by atoms with Crippen molar-refractivity contribution in [2.75, 3.05) is 10.0 Å². The van der Waals surface area contributed by atoms with E-state index in [0.717, 1.165) is 21.3 Å². The molecule has 0 spiro atoms. The molecule has 11 heteroatoms. The molecule has 3 aromatic heterocycles. The first kappa shape index (κ1) is 21.3. The smallest absolute Gasteiger partial charge is 0.263 e. The molecule has 0 unspecified atom stereocenters. The van der Waals surface area contributed by atoms with Crippen LogP contribution in [-0.4, -0.2) is 28.6 Å². The summed E-state index contributed by atoms with van der Waals surface area (Å²) in [5.41, 5.74) is 2.79.